The molecule has 2 aromatic rings. The van der Waals surface area contributed by atoms with E-state index in [1.165, 1.54) is 7.11 Å². The molecule has 1 aliphatic heterocycles. The number of carbonyl (C=O) groups is 2. The van der Waals surface area contributed by atoms with Gasteiger partial charge in [0, 0.05) is 11.3 Å². The number of methoxy groups -OCH3 is 1. The van der Waals surface area contributed by atoms with Crippen molar-refractivity contribution in [3.8, 4) is 11.5 Å². The molecule has 2 amide bonds. The minimum absolute atomic E-state index is 0.164. The van der Waals surface area contributed by atoms with Crippen molar-refractivity contribution in [1.82, 2.24) is 10.6 Å². The number of nitrogens with one attached hydrogen (secondary N) is 2. The van der Waals surface area contributed by atoms with Gasteiger partial charge in [-0.15, -0.1) is 0 Å². The van der Waals surface area contributed by atoms with Crippen molar-refractivity contribution in [2.75, 3.05) is 7.11 Å². The molecule has 0 saturated carbocycles. The van der Waals surface area contributed by atoms with Crippen molar-refractivity contribution >= 4 is 35.2 Å². The number of hydrogen-bond donors (Lipinski definition) is 2. The number of allylic oxidation sites excluding steroid dienone is 1. The van der Waals surface area contributed by atoms with E-state index in [0.717, 1.165) is 5.56 Å². The standard InChI is InChI=1S/C23H24Cl2N2O5/c1-12(2)32-22(28)19-13(3)26-23(29)27-20(19)15-6-5-7-18(30-4)21(15)31-11-14-8-9-16(24)17(25)10-14/h5-10,12,20H,11H2,1-4H3,(H2,26,27,29). The number of ether oxygens (including phenoxy) is 3. The van der Waals surface area contributed by atoms with E-state index in [9.17, 15) is 9.59 Å². The molecule has 0 saturated heterocycles. The Kier molecular flexibility index (Phi) is 7.53. The summed E-state index contributed by atoms with van der Waals surface area (Å²) in [7, 11) is 1.52. The Hall–Kier alpha value is -2.90. The molecule has 0 aromatic heterocycles. The van der Waals surface area contributed by atoms with Crippen LogP contribution in [0.15, 0.2) is 47.7 Å². The highest BCUT2D eigenvalue weighted by atomic mass is 35.5. The van der Waals surface area contributed by atoms with E-state index in [4.69, 9.17) is 37.4 Å². The fourth-order valence-corrected chi connectivity index (χ4v) is 3.66. The van der Waals surface area contributed by atoms with Crippen LogP contribution in [0, 0.1) is 0 Å². The minimum Gasteiger partial charge on any atom is -0.493 e. The van der Waals surface area contributed by atoms with Crippen LogP contribution >= 0.6 is 23.2 Å². The Morgan fingerprint density at radius 1 is 1.16 bits per heavy atom. The van der Waals surface area contributed by atoms with Crippen LogP contribution in [-0.2, 0) is 16.1 Å². The van der Waals surface area contributed by atoms with Gasteiger partial charge in [0.1, 0.15) is 6.61 Å². The molecule has 2 aromatic carbocycles. The van der Waals surface area contributed by atoms with Gasteiger partial charge in [0.25, 0.3) is 0 Å². The summed E-state index contributed by atoms with van der Waals surface area (Å²) < 4.78 is 17.0. The second kappa shape index (κ2) is 10.1. The van der Waals surface area contributed by atoms with Crippen LogP contribution in [0.1, 0.15) is 37.9 Å². The molecular weight excluding hydrogens is 455 g/mol. The quantitative estimate of drug-likeness (QED) is 0.536. The predicted octanol–water partition coefficient (Wildman–Crippen LogP) is 5.16. The van der Waals surface area contributed by atoms with E-state index in [0.29, 0.717) is 32.8 Å². The Bertz CT molecular complexity index is 1070. The monoisotopic (exact) mass is 478 g/mol. The number of urea groups is 1. The molecule has 0 spiro atoms. The van der Waals surface area contributed by atoms with E-state index in [2.05, 4.69) is 10.6 Å². The van der Waals surface area contributed by atoms with Crippen LogP contribution in [0.2, 0.25) is 10.0 Å². The Morgan fingerprint density at radius 2 is 1.91 bits per heavy atom. The van der Waals surface area contributed by atoms with Gasteiger partial charge in [0.2, 0.25) is 0 Å². The maximum absolute atomic E-state index is 12.9. The lowest BCUT2D eigenvalue weighted by Gasteiger charge is -2.30. The highest BCUT2D eigenvalue weighted by molar-refractivity contribution is 6.42. The number of halogens is 2. The van der Waals surface area contributed by atoms with E-state index >= 15 is 0 Å². The summed E-state index contributed by atoms with van der Waals surface area (Å²) in [6.45, 7) is 5.33. The van der Waals surface area contributed by atoms with Gasteiger partial charge in [-0.2, -0.15) is 0 Å². The molecule has 0 aliphatic carbocycles. The molecule has 3 rings (SSSR count). The molecule has 1 heterocycles. The third-order valence-corrected chi connectivity index (χ3v) is 5.48. The first kappa shape index (κ1) is 23.8. The lowest BCUT2D eigenvalue weighted by molar-refractivity contribution is -0.143. The Labute approximate surface area is 196 Å². The van der Waals surface area contributed by atoms with E-state index in [1.54, 1.807) is 57.2 Å². The first-order valence-corrected chi connectivity index (χ1v) is 10.7. The lowest BCUT2D eigenvalue weighted by Crippen LogP contribution is -2.45. The molecule has 2 N–H and O–H groups in total. The normalized spacial score (nSPS) is 15.8. The Balaban J connectivity index is 2.01. The van der Waals surface area contributed by atoms with Gasteiger partial charge in [-0.3, -0.25) is 0 Å². The van der Waals surface area contributed by atoms with Crippen LogP contribution in [0.25, 0.3) is 0 Å². The van der Waals surface area contributed by atoms with E-state index in [-0.39, 0.29) is 18.3 Å². The molecule has 170 valence electrons. The predicted molar refractivity (Wildman–Crippen MR) is 122 cm³/mol. The molecule has 9 heteroatoms. The van der Waals surface area contributed by atoms with Gasteiger partial charge >= 0.3 is 12.0 Å². The zero-order valence-electron chi connectivity index (χ0n) is 18.1. The summed E-state index contributed by atoms with van der Waals surface area (Å²) >= 11 is 12.1. The zero-order chi connectivity index (χ0) is 23.4. The smallest absolute Gasteiger partial charge is 0.338 e. The second-order valence-electron chi connectivity index (χ2n) is 7.44. The molecule has 7 nitrogen and oxygen atoms in total. The van der Waals surface area contributed by atoms with E-state index < -0.39 is 18.0 Å². The van der Waals surface area contributed by atoms with Crippen molar-refractivity contribution in [2.24, 2.45) is 0 Å². The molecule has 32 heavy (non-hydrogen) atoms. The molecule has 1 aliphatic rings. The summed E-state index contributed by atoms with van der Waals surface area (Å²) in [6.07, 6.45) is -0.322. The summed E-state index contributed by atoms with van der Waals surface area (Å²) in [6, 6.07) is 9.21. The van der Waals surface area contributed by atoms with Gasteiger partial charge in [0.05, 0.1) is 34.9 Å². The van der Waals surface area contributed by atoms with Crippen LogP contribution < -0.4 is 20.1 Å². The van der Waals surface area contributed by atoms with Crippen LogP contribution in [0.4, 0.5) is 4.79 Å². The minimum atomic E-state index is -0.797. The van der Waals surface area contributed by atoms with Crippen LogP contribution in [0.5, 0.6) is 11.5 Å². The Morgan fingerprint density at radius 3 is 2.56 bits per heavy atom. The summed E-state index contributed by atoms with van der Waals surface area (Å²) in [4.78, 5) is 25.1. The van der Waals surface area contributed by atoms with Crippen LogP contribution in [-0.4, -0.2) is 25.2 Å². The summed E-state index contributed by atoms with van der Waals surface area (Å²) in [5.41, 5.74) is 2.03. The largest absolute Gasteiger partial charge is 0.493 e. The van der Waals surface area contributed by atoms with Crippen molar-refractivity contribution in [3.05, 3.63) is 68.8 Å². The average molecular weight is 479 g/mol. The number of esters is 1. The molecule has 0 fully saturated rings. The summed E-state index contributed by atoms with van der Waals surface area (Å²) in [5.74, 6) is 0.300. The number of amides is 2. The maximum Gasteiger partial charge on any atom is 0.338 e. The van der Waals surface area contributed by atoms with Gasteiger partial charge in [-0.05, 0) is 44.5 Å². The molecule has 1 atom stereocenters. The van der Waals surface area contributed by atoms with Crippen molar-refractivity contribution in [3.63, 3.8) is 0 Å². The fraction of sp³-hybridized carbons (Fsp3) is 0.304. The number of carbonyl (C=O) groups excluding carboxylic acids is 2. The average Bonchev–Trinajstić information content (AvgIpc) is 2.73. The lowest BCUT2D eigenvalue weighted by atomic mass is 9.94. The number of benzene rings is 2. The van der Waals surface area contributed by atoms with Crippen molar-refractivity contribution < 1.29 is 23.8 Å². The number of rotatable bonds is 7. The first-order chi connectivity index (χ1) is 15.2. The first-order valence-electron chi connectivity index (χ1n) is 9.94. The van der Waals surface area contributed by atoms with E-state index in [1.807, 2.05) is 0 Å². The zero-order valence-corrected chi connectivity index (χ0v) is 19.6. The maximum atomic E-state index is 12.9. The number of hydrogen-bond acceptors (Lipinski definition) is 5. The van der Waals surface area contributed by atoms with Gasteiger partial charge in [0.15, 0.2) is 11.5 Å². The van der Waals surface area contributed by atoms with Gasteiger partial charge in [-0.1, -0.05) is 41.4 Å². The van der Waals surface area contributed by atoms with Gasteiger partial charge < -0.3 is 24.8 Å². The fourth-order valence-electron chi connectivity index (χ4n) is 3.34. The highest BCUT2D eigenvalue weighted by Gasteiger charge is 2.35. The topological polar surface area (TPSA) is 85.9 Å². The molecule has 0 bridgehead atoms. The molecular formula is C23H24Cl2N2O5. The summed E-state index contributed by atoms with van der Waals surface area (Å²) in [5, 5.41) is 6.28. The second-order valence-corrected chi connectivity index (χ2v) is 8.25. The third kappa shape index (κ3) is 5.29. The molecule has 0 radical (unpaired) electrons. The van der Waals surface area contributed by atoms with Crippen LogP contribution in [0.3, 0.4) is 0 Å². The molecule has 1 unspecified atom stereocenters. The number of para-hydroxylation sites is 1. The SMILES string of the molecule is COc1cccc(C2NC(=O)NC(C)=C2C(=O)OC(C)C)c1OCc1ccc(Cl)c(Cl)c1. The third-order valence-electron chi connectivity index (χ3n) is 4.74. The van der Waals surface area contributed by atoms with Crippen molar-refractivity contribution in [2.45, 2.75) is 39.5 Å². The highest BCUT2D eigenvalue weighted by Crippen LogP contribution is 2.40. The van der Waals surface area contributed by atoms with Crippen molar-refractivity contribution in [1.29, 1.82) is 0 Å². The van der Waals surface area contributed by atoms with Gasteiger partial charge in [-0.25, -0.2) is 9.59 Å².